The summed E-state index contributed by atoms with van der Waals surface area (Å²) in [6, 6.07) is 1.74. The summed E-state index contributed by atoms with van der Waals surface area (Å²) in [6.45, 7) is 1.11. The van der Waals surface area contributed by atoms with E-state index >= 15 is 0 Å². The predicted molar refractivity (Wildman–Crippen MR) is 93.7 cm³/mol. The van der Waals surface area contributed by atoms with Crippen LogP contribution in [0.3, 0.4) is 0 Å². The van der Waals surface area contributed by atoms with E-state index in [0.717, 1.165) is 12.2 Å². The lowest BCUT2D eigenvalue weighted by Crippen LogP contribution is -2.52. The lowest BCUT2D eigenvalue weighted by Gasteiger charge is -2.33. The van der Waals surface area contributed by atoms with E-state index in [1.807, 2.05) is 25.1 Å². The van der Waals surface area contributed by atoms with E-state index in [0.29, 0.717) is 24.7 Å². The van der Waals surface area contributed by atoms with Gasteiger partial charge in [-0.05, 0) is 6.42 Å². The number of aromatic nitrogens is 4. The zero-order valence-electron chi connectivity index (χ0n) is 14.6. The van der Waals surface area contributed by atoms with Gasteiger partial charge in [-0.1, -0.05) is 0 Å². The highest BCUT2D eigenvalue weighted by molar-refractivity contribution is 5.92. The van der Waals surface area contributed by atoms with Gasteiger partial charge in [-0.3, -0.25) is 4.79 Å². The molecule has 1 aliphatic rings. The topological polar surface area (TPSA) is 97.2 Å². The summed E-state index contributed by atoms with van der Waals surface area (Å²) in [5.74, 6) is 1.37. The molecule has 0 aromatic carbocycles. The molecule has 1 amide bonds. The molecule has 0 spiro atoms. The van der Waals surface area contributed by atoms with E-state index in [1.54, 1.807) is 24.1 Å². The second kappa shape index (κ2) is 7.47. The van der Waals surface area contributed by atoms with Crippen molar-refractivity contribution in [1.29, 1.82) is 0 Å². The molecule has 134 valence electrons. The van der Waals surface area contributed by atoms with Crippen molar-refractivity contribution >= 4 is 17.5 Å². The van der Waals surface area contributed by atoms with E-state index in [-0.39, 0.29) is 18.0 Å². The number of ether oxygens (including phenoxy) is 1. The van der Waals surface area contributed by atoms with Crippen molar-refractivity contribution in [2.24, 2.45) is 7.05 Å². The molecule has 0 unspecified atom stereocenters. The average molecular weight is 345 g/mol. The Balaban J connectivity index is 1.70. The van der Waals surface area contributed by atoms with Crippen LogP contribution in [0.1, 0.15) is 16.9 Å². The number of anilines is 2. The maximum absolute atomic E-state index is 12.5. The molecule has 9 heteroatoms. The number of aryl methyl sites for hydroxylation is 1. The third kappa shape index (κ3) is 4.05. The van der Waals surface area contributed by atoms with Crippen LogP contribution in [0.5, 0.6) is 0 Å². The fourth-order valence-corrected chi connectivity index (χ4v) is 2.73. The van der Waals surface area contributed by atoms with Gasteiger partial charge in [-0.25, -0.2) is 15.0 Å². The summed E-state index contributed by atoms with van der Waals surface area (Å²) in [5, 5.41) is 6.43. The van der Waals surface area contributed by atoms with Gasteiger partial charge in [0, 0.05) is 33.8 Å². The summed E-state index contributed by atoms with van der Waals surface area (Å²) in [7, 11) is 5.64. The maximum Gasteiger partial charge on any atom is 0.269 e. The molecule has 0 bridgehead atoms. The lowest BCUT2D eigenvalue weighted by molar-refractivity contribution is 0.0617. The minimum absolute atomic E-state index is 0.0612. The lowest BCUT2D eigenvalue weighted by atomic mass is 10.0. The molecule has 1 aliphatic heterocycles. The number of carbonyl (C=O) groups is 1. The van der Waals surface area contributed by atoms with Gasteiger partial charge in [0.25, 0.3) is 5.91 Å². The highest BCUT2D eigenvalue weighted by Crippen LogP contribution is 2.17. The quantitative estimate of drug-likeness (QED) is 0.803. The fourth-order valence-electron chi connectivity index (χ4n) is 2.73. The molecule has 9 nitrogen and oxygen atoms in total. The molecule has 2 N–H and O–H groups in total. The first-order valence-electron chi connectivity index (χ1n) is 8.15. The first-order chi connectivity index (χ1) is 12.0. The molecule has 0 radical (unpaired) electrons. The Morgan fingerprint density at radius 3 is 2.92 bits per heavy atom. The smallest absolute Gasteiger partial charge is 0.269 e. The van der Waals surface area contributed by atoms with Crippen LogP contribution in [0.15, 0.2) is 24.9 Å². The minimum atomic E-state index is -0.143. The van der Waals surface area contributed by atoms with Crippen LogP contribution in [0.25, 0.3) is 0 Å². The highest BCUT2D eigenvalue weighted by Gasteiger charge is 2.28. The molecule has 2 aromatic heterocycles. The van der Waals surface area contributed by atoms with Crippen molar-refractivity contribution in [3.8, 4) is 0 Å². The number of carbonyl (C=O) groups excluding carboxylic acids is 1. The Labute approximate surface area is 146 Å². The molecule has 1 fully saturated rings. The number of amides is 1. The zero-order valence-corrected chi connectivity index (χ0v) is 14.6. The monoisotopic (exact) mass is 345 g/mol. The third-order valence-corrected chi connectivity index (χ3v) is 4.17. The van der Waals surface area contributed by atoms with Crippen LogP contribution in [0.2, 0.25) is 0 Å². The number of hydrogen-bond acceptors (Lipinski definition) is 7. The van der Waals surface area contributed by atoms with Crippen molar-refractivity contribution in [3.05, 3.63) is 30.6 Å². The van der Waals surface area contributed by atoms with Gasteiger partial charge in [0.2, 0.25) is 0 Å². The van der Waals surface area contributed by atoms with Gasteiger partial charge in [-0.15, -0.1) is 0 Å². The first kappa shape index (κ1) is 17.2. The predicted octanol–water partition coefficient (Wildman–Crippen LogP) is 0.276. The normalized spacial score (nSPS) is 20.1. The number of hydrogen-bond donors (Lipinski definition) is 2. The summed E-state index contributed by atoms with van der Waals surface area (Å²) in [6.07, 6.45) is 5.42. The molecule has 2 aromatic rings. The highest BCUT2D eigenvalue weighted by atomic mass is 16.5. The Morgan fingerprint density at radius 2 is 2.20 bits per heavy atom. The van der Waals surface area contributed by atoms with E-state index in [2.05, 4.69) is 25.6 Å². The molecule has 0 aliphatic carbocycles. The van der Waals surface area contributed by atoms with Gasteiger partial charge < -0.3 is 24.8 Å². The standard InChI is InChI=1S/C16H23N7O2/c1-22(2)15-6-14(18-9-19-15)20-12-8-25-5-4-11(12)21-16(24)13-7-17-10-23(13)3/h6-7,9-12H,4-5,8H2,1-3H3,(H,21,24)(H,18,19,20)/t11-,12+/m0/s1. The Morgan fingerprint density at radius 1 is 1.36 bits per heavy atom. The molecule has 3 rings (SSSR count). The van der Waals surface area contributed by atoms with Crippen molar-refractivity contribution in [3.63, 3.8) is 0 Å². The molecule has 2 atom stereocenters. The van der Waals surface area contributed by atoms with Crippen molar-refractivity contribution in [2.45, 2.75) is 18.5 Å². The van der Waals surface area contributed by atoms with E-state index in [1.165, 1.54) is 6.33 Å². The van der Waals surface area contributed by atoms with Gasteiger partial charge >= 0.3 is 0 Å². The molecular weight excluding hydrogens is 322 g/mol. The minimum Gasteiger partial charge on any atom is -0.379 e. The number of imidazole rings is 1. The summed E-state index contributed by atoms with van der Waals surface area (Å²) < 4.78 is 7.27. The second-order valence-corrected chi connectivity index (χ2v) is 6.24. The van der Waals surface area contributed by atoms with Crippen molar-refractivity contribution < 1.29 is 9.53 Å². The van der Waals surface area contributed by atoms with Gasteiger partial charge in [0.1, 0.15) is 23.7 Å². The molecule has 0 saturated carbocycles. The summed E-state index contributed by atoms with van der Waals surface area (Å²) >= 11 is 0. The first-order valence-corrected chi connectivity index (χ1v) is 8.15. The van der Waals surface area contributed by atoms with Gasteiger partial charge in [-0.2, -0.15) is 0 Å². The fraction of sp³-hybridized carbons (Fsp3) is 0.500. The van der Waals surface area contributed by atoms with Crippen molar-refractivity contribution in [1.82, 2.24) is 24.8 Å². The Hall–Kier alpha value is -2.68. The average Bonchev–Trinajstić information content (AvgIpc) is 3.03. The summed E-state index contributed by atoms with van der Waals surface area (Å²) in [5.41, 5.74) is 0.530. The molecule has 25 heavy (non-hydrogen) atoms. The number of nitrogens with one attached hydrogen (secondary N) is 2. The van der Waals surface area contributed by atoms with E-state index in [9.17, 15) is 4.79 Å². The van der Waals surface area contributed by atoms with Crippen molar-refractivity contribution in [2.75, 3.05) is 37.5 Å². The summed E-state index contributed by atoms with van der Waals surface area (Å²) in [4.78, 5) is 26.8. The van der Waals surface area contributed by atoms with Gasteiger partial charge in [0.05, 0.1) is 31.2 Å². The molecule has 1 saturated heterocycles. The van der Waals surface area contributed by atoms with Crippen LogP contribution < -0.4 is 15.5 Å². The zero-order chi connectivity index (χ0) is 17.8. The maximum atomic E-state index is 12.5. The molecular formula is C16H23N7O2. The number of rotatable bonds is 5. The van der Waals surface area contributed by atoms with Gasteiger partial charge in [0.15, 0.2) is 0 Å². The largest absolute Gasteiger partial charge is 0.379 e. The SMILES string of the molecule is CN(C)c1cc(N[C@@H]2COCC[C@@H]2NC(=O)c2cncn2C)ncn1. The number of nitrogens with zero attached hydrogens (tertiary/aromatic N) is 5. The van der Waals surface area contributed by atoms with Crippen LogP contribution in [0.4, 0.5) is 11.6 Å². The van der Waals surface area contributed by atoms with Crippen LogP contribution in [-0.2, 0) is 11.8 Å². The van der Waals surface area contributed by atoms with Crippen LogP contribution in [-0.4, -0.2) is 64.8 Å². The van der Waals surface area contributed by atoms with Crippen LogP contribution >= 0.6 is 0 Å². The Kier molecular flexibility index (Phi) is 5.13. The van der Waals surface area contributed by atoms with E-state index in [4.69, 9.17) is 4.74 Å². The molecule has 3 heterocycles. The Bertz CT molecular complexity index is 731. The van der Waals surface area contributed by atoms with Crippen LogP contribution in [0, 0.1) is 0 Å². The third-order valence-electron chi connectivity index (χ3n) is 4.17. The second-order valence-electron chi connectivity index (χ2n) is 6.24. The van der Waals surface area contributed by atoms with E-state index < -0.39 is 0 Å².